The third-order valence-electron chi connectivity index (χ3n) is 5.77. The number of hydrogen-bond donors (Lipinski definition) is 1. The van der Waals surface area contributed by atoms with E-state index >= 15 is 0 Å². The van der Waals surface area contributed by atoms with Crippen LogP contribution in [0.15, 0.2) is 60.7 Å². The van der Waals surface area contributed by atoms with Crippen LogP contribution in [-0.4, -0.2) is 36.7 Å². The molecule has 0 aromatic heterocycles. The maximum Gasteiger partial charge on any atom is 0.416 e. The third-order valence-corrected chi connectivity index (χ3v) is 5.77. The van der Waals surface area contributed by atoms with Gasteiger partial charge in [0.2, 0.25) is 0 Å². The number of phenolic OH excluding ortho intramolecular Hbond substituents is 1. The van der Waals surface area contributed by atoms with Gasteiger partial charge in [-0.3, -0.25) is 4.79 Å². The van der Waals surface area contributed by atoms with Crippen LogP contribution in [0.2, 0.25) is 0 Å². The van der Waals surface area contributed by atoms with Crippen molar-refractivity contribution in [3.05, 3.63) is 88.5 Å². The second kappa shape index (κ2) is 8.69. The number of alkyl halides is 3. The van der Waals surface area contributed by atoms with Crippen LogP contribution in [0.4, 0.5) is 13.2 Å². The number of phenols is 1. The van der Waals surface area contributed by atoms with Crippen molar-refractivity contribution in [3.63, 3.8) is 0 Å². The number of amides is 1. The summed E-state index contributed by atoms with van der Waals surface area (Å²) in [6, 6.07) is 13.8. The quantitative estimate of drug-likeness (QED) is 0.584. The van der Waals surface area contributed by atoms with Crippen LogP contribution >= 0.6 is 0 Å². The number of halogens is 3. The summed E-state index contributed by atoms with van der Waals surface area (Å²) in [7, 11) is 3.06. The van der Waals surface area contributed by atoms with E-state index in [1.807, 2.05) is 6.07 Å². The molecular weight excluding hydrogens is 435 g/mol. The van der Waals surface area contributed by atoms with Crippen molar-refractivity contribution in [2.24, 2.45) is 0 Å². The maximum absolute atomic E-state index is 13.5. The molecule has 0 radical (unpaired) electrons. The molecule has 0 fully saturated rings. The molecule has 1 heterocycles. The molecule has 0 saturated carbocycles. The molecule has 1 aliphatic rings. The van der Waals surface area contributed by atoms with Crippen molar-refractivity contribution in [1.82, 2.24) is 4.90 Å². The minimum absolute atomic E-state index is 0.0514. The molecule has 172 valence electrons. The fraction of sp³-hybridized carbons (Fsp3) is 0.240. The highest BCUT2D eigenvalue weighted by Crippen LogP contribution is 2.43. The number of hydrogen-bond acceptors (Lipinski definition) is 4. The zero-order chi connectivity index (χ0) is 23.8. The van der Waals surface area contributed by atoms with Crippen LogP contribution < -0.4 is 9.47 Å². The zero-order valence-electron chi connectivity index (χ0n) is 18.0. The van der Waals surface area contributed by atoms with Crippen molar-refractivity contribution in [1.29, 1.82) is 0 Å². The first-order chi connectivity index (χ1) is 15.7. The number of benzene rings is 3. The van der Waals surface area contributed by atoms with Crippen molar-refractivity contribution < 1.29 is 32.5 Å². The van der Waals surface area contributed by atoms with Crippen LogP contribution in [0.5, 0.6) is 17.2 Å². The SMILES string of the molecule is COc1cc2c(c(OC)c1)C(c1ccc(O)cc1)N(C(=O)c1cccc(C(F)(F)F)c1)CC2. The van der Waals surface area contributed by atoms with Gasteiger partial charge < -0.3 is 19.5 Å². The first-order valence-electron chi connectivity index (χ1n) is 10.2. The Kier molecular flexibility index (Phi) is 5.93. The Hall–Kier alpha value is -3.68. The third kappa shape index (κ3) is 4.33. The minimum atomic E-state index is -4.55. The van der Waals surface area contributed by atoms with E-state index in [9.17, 15) is 23.1 Å². The molecule has 33 heavy (non-hydrogen) atoms. The lowest BCUT2D eigenvalue weighted by molar-refractivity contribution is -0.137. The lowest BCUT2D eigenvalue weighted by Gasteiger charge is -2.39. The van der Waals surface area contributed by atoms with Crippen LogP contribution in [0.1, 0.15) is 38.7 Å². The molecule has 0 aliphatic carbocycles. The molecule has 0 bridgehead atoms. The monoisotopic (exact) mass is 457 g/mol. The first-order valence-corrected chi connectivity index (χ1v) is 10.2. The van der Waals surface area contributed by atoms with Gasteiger partial charge in [-0.15, -0.1) is 0 Å². The average Bonchev–Trinajstić information content (AvgIpc) is 2.82. The highest BCUT2D eigenvalue weighted by Gasteiger charge is 2.37. The summed E-state index contributed by atoms with van der Waals surface area (Å²) in [6.45, 7) is 0.282. The number of nitrogens with zero attached hydrogens (tertiary/aromatic N) is 1. The summed E-state index contributed by atoms with van der Waals surface area (Å²) >= 11 is 0. The van der Waals surface area contributed by atoms with E-state index < -0.39 is 23.7 Å². The smallest absolute Gasteiger partial charge is 0.416 e. The van der Waals surface area contributed by atoms with Crippen LogP contribution in [0, 0.1) is 0 Å². The van der Waals surface area contributed by atoms with Crippen molar-refractivity contribution in [2.75, 3.05) is 20.8 Å². The van der Waals surface area contributed by atoms with Gasteiger partial charge in [0, 0.05) is 23.7 Å². The van der Waals surface area contributed by atoms with Gasteiger partial charge in [-0.2, -0.15) is 13.2 Å². The topological polar surface area (TPSA) is 59.0 Å². The number of carbonyl (C=O) groups excluding carboxylic acids is 1. The maximum atomic E-state index is 13.5. The van der Waals surface area contributed by atoms with Gasteiger partial charge in [0.1, 0.15) is 17.2 Å². The Balaban J connectivity index is 1.85. The molecule has 0 spiro atoms. The number of methoxy groups -OCH3 is 2. The summed E-state index contributed by atoms with van der Waals surface area (Å²) in [5.41, 5.74) is 1.41. The minimum Gasteiger partial charge on any atom is -0.508 e. The van der Waals surface area contributed by atoms with E-state index in [1.54, 1.807) is 30.2 Å². The lowest BCUT2D eigenvalue weighted by atomic mass is 9.86. The van der Waals surface area contributed by atoms with Gasteiger partial charge in [0.15, 0.2) is 0 Å². The molecule has 1 N–H and O–H groups in total. The highest BCUT2D eigenvalue weighted by molar-refractivity contribution is 5.95. The molecule has 1 unspecified atom stereocenters. The second-order valence-corrected chi connectivity index (χ2v) is 7.72. The number of fused-ring (bicyclic) bond motifs is 1. The van der Waals surface area contributed by atoms with E-state index in [4.69, 9.17) is 9.47 Å². The predicted octanol–water partition coefficient (Wildman–Crippen LogP) is 5.22. The molecule has 1 aliphatic heterocycles. The van der Waals surface area contributed by atoms with Crippen LogP contribution in [0.3, 0.4) is 0 Å². The van der Waals surface area contributed by atoms with Gasteiger partial charge >= 0.3 is 6.18 Å². The molecule has 1 amide bonds. The average molecular weight is 457 g/mol. The van der Waals surface area contributed by atoms with E-state index in [2.05, 4.69) is 0 Å². The molecule has 0 saturated heterocycles. The van der Waals surface area contributed by atoms with Gasteiger partial charge in [-0.05, 0) is 53.9 Å². The lowest BCUT2D eigenvalue weighted by Crippen LogP contribution is -2.41. The van der Waals surface area contributed by atoms with E-state index in [0.29, 0.717) is 23.5 Å². The Morgan fingerprint density at radius 1 is 1.03 bits per heavy atom. The Morgan fingerprint density at radius 2 is 1.76 bits per heavy atom. The van der Waals surface area contributed by atoms with Crippen molar-refractivity contribution >= 4 is 5.91 Å². The molecule has 3 aromatic rings. The summed E-state index contributed by atoms with van der Waals surface area (Å²) in [5, 5.41) is 9.75. The van der Waals surface area contributed by atoms with Crippen LogP contribution in [0.25, 0.3) is 0 Å². The standard InChI is InChI=1S/C25H22F3NO4/c1-32-20-13-16-10-11-29(24(31)17-4-3-5-18(12-17)25(26,27)28)23(22(16)21(14-20)33-2)15-6-8-19(30)9-7-15/h3-9,12-14,23,30H,10-11H2,1-2H3. The van der Waals surface area contributed by atoms with Gasteiger partial charge in [-0.1, -0.05) is 18.2 Å². The van der Waals surface area contributed by atoms with E-state index in [-0.39, 0.29) is 17.9 Å². The first kappa shape index (κ1) is 22.5. The zero-order valence-corrected chi connectivity index (χ0v) is 18.0. The van der Waals surface area contributed by atoms with E-state index in [0.717, 1.165) is 23.3 Å². The number of ether oxygens (including phenoxy) is 2. The fourth-order valence-corrected chi connectivity index (χ4v) is 4.20. The summed E-state index contributed by atoms with van der Waals surface area (Å²) in [5.74, 6) is 0.645. The summed E-state index contributed by atoms with van der Waals surface area (Å²) < 4.78 is 50.7. The number of aromatic hydroxyl groups is 1. The number of rotatable bonds is 4. The van der Waals surface area contributed by atoms with Gasteiger partial charge in [-0.25, -0.2) is 0 Å². The largest absolute Gasteiger partial charge is 0.508 e. The van der Waals surface area contributed by atoms with Gasteiger partial charge in [0.25, 0.3) is 5.91 Å². The van der Waals surface area contributed by atoms with Crippen molar-refractivity contribution in [2.45, 2.75) is 18.6 Å². The fourth-order valence-electron chi connectivity index (χ4n) is 4.20. The molecule has 5 nitrogen and oxygen atoms in total. The molecule has 1 atom stereocenters. The normalized spacial score (nSPS) is 15.7. The molecular formula is C25H22F3NO4. The highest BCUT2D eigenvalue weighted by atomic mass is 19.4. The molecule has 4 rings (SSSR count). The molecule has 3 aromatic carbocycles. The predicted molar refractivity (Wildman–Crippen MR) is 116 cm³/mol. The van der Waals surface area contributed by atoms with E-state index in [1.165, 1.54) is 31.4 Å². The second-order valence-electron chi connectivity index (χ2n) is 7.72. The summed E-state index contributed by atoms with van der Waals surface area (Å²) in [6.07, 6.45) is -4.08. The molecule has 8 heteroatoms. The summed E-state index contributed by atoms with van der Waals surface area (Å²) in [4.78, 5) is 15.0. The Morgan fingerprint density at radius 3 is 2.39 bits per heavy atom. The number of carbonyl (C=O) groups is 1. The van der Waals surface area contributed by atoms with Crippen LogP contribution in [-0.2, 0) is 12.6 Å². The Labute approximate surface area is 189 Å². The van der Waals surface area contributed by atoms with Crippen molar-refractivity contribution in [3.8, 4) is 17.2 Å². The Bertz CT molecular complexity index is 1160. The van der Waals surface area contributed by atoms with Gasteiger partial charge in [0.05, 0.1) is 25.8 Å².